The zero-order valence-electron chi connectivity index (χ0n) is 34.6. The van der Waals surface area contributed by atoms with Gasteiger partial charge in [0.15, 0.2) is 11.3 Å². The first-order chi connectivity index (χ1) is 28.0. The van der Waals surface area contributed by atoms with Gasteiger partial charge in [-0.25, -0.2) is 13.6 Å². The highest BCUT2D eigenvalue weighted by Crippen LogP contribution is 2.46. The lowest BCUT2D eigenvalue weighted by atomic mass is 9.84. The minimum atomic E-state index is -0.992. The zero-order valence-corrected chi connectivity index (χ0v) is 34.6. The van der Waals surface area contributed by atoms with Crippen LogP contribution >= 0.6 is 0 Å². The number of carbonyl (C=O) groups excluding carboxylic acids is 3. The highest BCUT2D eigenvalue weighted by molar-refractivity contribution is 5.99. The summed E-state index contributed by atoms with van der Waals surface area (Å²) in [4.78, 5) is 61.9. The lowest BCUT2D eigenvalue weighted by molar-refractivity contribution is -0.0658. The molecule has 3 aliphatic rings. The molecule has 0 radical (unpaired) electrons. The van der Waals surface area contributed by atoms with Gasteiger partial charge in [-0.15, -0.1) is 0 Å². The van der Waals surface area contributed by atoms with E-state index in [1.807, 2.05) is 13.8 Å². The number of nitrogens with one attached hydrogen (secondary N) is 1. The summed E-state index contributed by atoms with van der Waals surface area (Å²) in [6.07, 6.45) is 21.6. The minimum Gasteiger partial charge on any atom is -0.451 e. The van der Waals surface area contributed by atoms with Crippen molar-refractivity contribution >= 4 is 23.7 Å². The number of nitrogens with zero attached hydrogens (tertiary/aromatic N) is 3. The second-order valence-electron chi connectivity index (χ2n) is 16.2. The van der Waals surface area contributed by atoms with Gasteiger partial charge in [-0.3, -0.25) is 14.4 Å². The first kappa shape index (κ1) is 44.6. The van der Waals surface area contributed by atoms with E-state index < -0.39 is 64.8 Å². The molecule has 0 saturated carbocycles. The molecule has 1 aromatic carbocycles. The van der Waals surface area contributed by atoms with Crippen molar-refractivity contribution in [3.8, 4) is 5.75 Å². The highest BCUT2D eigenvalue weighted by Gasteiger charge is 2.54. The van der Waals surface area contributed by atoms with Gasteiger partial charge >= 0.3 is 6.16 Å². The Kier molecular flexibility index (Phi) is 17.0. The van der Waals surface area contributed by atoms with E-state index in [1.54, 1.807) is 4.90 Å². The Labute approximate surface area is 341 Å². The van der Waals surface area contributed by atoms with Crippen molar-refractivity contribution in [1.29, 1.82) is 0 Å². The predicted molar refractivity (Wildman–Crippen MR) is 216 cm³/mol. The third-order valence-corrected chi connectivity index (χ3v) is 11.7. The fourth-order valence-electron chi connectivity index (χ4n) is 8.33. The molecule has 14 heteroatoms. The molecule has 1 spiro atoms. The van der Waals surface area contributed by atoms with Crippen LogP contribution in [0.2, 0.25) is 0 Å². The molecule has 4 heterocycles. The van der Waals surface area contributed by atoms with Gasteiger partial charge < -0.3 is 33.8 Å². The number of amides is 2. The fraction of sp³-hybridized carbons (Fsp3) is 0.659. The van der Waals surface area contributed by atoms with Crippen LogP contribution in [0.1, 0.15) is 175 Å². The molecule has 3 atom stereocenters. The molecule has 58 heavy (non-hydrogen) atoms. The van der Waals surface area contributed by atoms with E-state index in [9.17, 15) is 28.0 Å². The fourth-order valence-corrected chi connectivity index (χ4v) is 8.33. The van der Waals surface area contributed by atoms with Crippen LogP contribution in [0.15, 0.2) is 34.3 Å². The Morgan fingerprint density at radius 1 is 0.931 bits per heavy atom. The maximum absolute atomic E-state index is 14.4. The molecule has 2 amide bonds. The average Bonchev–Trinajstić information content (AvgIpc) is 3.53. The molecule has 1 unspecified atom stereocenters. The predicted octanol–water partition coefficient (Wildman–Crippen LogP) is 9.52. The van der Waals surface area contributed by atoms with Gasteiger partial charge in [0.05, 0.1) is 18.4 Å². The van der Waals surface area contributed by atoms with Crippen molar-refractivity contribution in [2.45, 2.75) is 167 Å². The summed E-state index contributed by atoms with van der Waals surface area (Å²) >= 11 is 0. The Balaban J connectivity index is 1.14. The Morgan fingerprint density at radius 3 is 2.17 bits per heavy atom. The van der Waals surface area contributed by atoms with Crippen LogP contribution in [-0.4, -0.2) is 64.7 Å². The van der Waals surface area contributed by atoms with Crippen LogP contribution in [-0.2, 0) is 20.9 Å². The smallest absolute Gasteiger partial charge is 0.451 e. The van der Waals surface area contributed by atoms with Crippen LogP contribution in [0.25, 0.3) is 0 Å². The number of benzene rings is 1. The number of unbranched alkanes of at least 4 members (excludes halogenated alkanes) is 15. The normalized spacial score (nSPS) is 19.6. The molecule has 1 N–H and O–H groups in total. The number of aromatic nitrogens is 1. The summed E-state index contributed by atoms with van der Waals surface area (Å²) in [5, 5.41) is 6.75. The van der Waals surface area contributed by atoms with Gasteiger partial charge in [-0.05, 0) is 39.2 Å². The third-order valence-electron chi connectivity index (χ3n) is 11.7. The summed E-state index contributed by atoms with van der Waals surface area (Å²) in [6.45, 7) is 5.30. The van der Waals surface area contributed by atoms with E-state index in [-0.39, 0.29) is 37.0 Å². The Bertz CT molecular complexity index is 1800. The molecule has 12 nitrogen and oxygen atoms in total. The molecular weight excluding hydrogens is 750 g/mol. The summed E-state index contributed by atoms with van der Waals surface area (Å²) in [7, 11) is 0. The van der Waals surface area contributed by atoms with Gasteiger partial charge in [-0.2, -0.15) is 0 Å². The molecule has 5 rings (SSSR count). The summed E-state index contributed by atoms with van der Waals surface area (Å²) in [5.74, 6) is -3.48. The number of rotatable bonds is 23. The van der Waals surface area contributed by atoms with Gasteiger partial charge in [0.2, 0.25) is 18.0 Å². The molecule has 1 fully saturated rings. The molecular formula is C44H62F2N4O8. The molecule has 2 bridgehead atoms. The molecule has 320 valence electrons. The standard InChI is InChI=1S/C44H62F2N4O8/c1-4-5-6-7-8-9-10-11-12-13-14-15-16-17-18-19-24-55-43(54)57-30-56-40-38-42(53)49-29-37(44(23-22-32(49)3)26-31(2)48-58-44)50(38)28-35(39(40)51)41(52)47-27-33-20-21-34(45)25-36(33)46/h20-21,25,28,32,37H,4-19,22-24,26-27,29-30H2,1-3H3,(H,47,52)/t32-,37?,44-/m0/s1. The molecule has 2 aromatic rings. The van der Waals surface area contributed by atoms with Crippen molar-refractivity contribution in [2.75, 3.05) is 19.9 Å². The second-order valence-corrected chi connectivity index (χ2v) is 16.2. The van der Waals surface area contributed by atoms with Crippen molar-refractivity contribution in [1.82, 2.24) is 14.8 Å². The van der Waals surface area contributed by atoms with Crippen molar-refractivity contribution in [2.24, 2.45) is 5.16 Å². The first-order valence-corrected chi connectivity index (χ1v) is 21.5. The largest absolute Gasteiger partial charge is 0.511 e. The summed E-state index contributed by atoms with van der Waals surface area (Å²) in [5.41, 5.74) is -1.53. The lowest BCUT2D eigenvalue weighted by Gasteiger charge is -2.42. The van der Waals surface area contributed by atoms with Crippen LogP contribution in [0.4, 0.5) is 13.6 Å². The zero-order chi connectivity index (χ0) is 41.5. The van der Waals surface area contributed by atoms with E-state index in [0.29, 0.717) is 31.7 Å². The number of pyridine rings is 1. The maximum Gasteiger partial charge on any atom is 0.511 e. The van der Waals surface area contributed by atoms with Gasteiger partial charge in [0.1, 0.15) is 17.2 Å². The van der Waals surface area contributed by atoms with Crippen molar-refractivity contribution in [3.63, 3.8) is 0 Å². The Hall–Kier alpha value is -4.49. The maximum atomic E-state index is 14.4. The minimum absolute atomic E-state index is 0.00490. The summed E-state index contributed by atoms with van der Waals surface area (Å²) in [6, 6.07) is 2.18. The molecule has 0 aliphatic carbocycles. The average molecular weight is 813 g/mol. The second kappa shape index (κ2) is 22.0. The van der Waals surface area contributed by atoms with E-state index in [2.05, 4.69) is 17.4 Å². The van der Waals surface area contributed by atoms with Gasteiger partial charge in [0.25, 0.3) is 11.8 Å². The van der Waals surface area contributed by atoms with E-state index in [1.165, 1.54) is 93.9 Å². The number of halogens is 2. The Morgan fingerprint density at radius 2 is 1.57 bits per heavy atom. The van der Waals surface area contributed by atoms with E-state index in [0.717, 1.165) is 31.0 Å². The number of ether oxygens (including phenoxy) is 3. The molecule has 1 saturated heterocycles. The van der Waals surface area contributed by atoms with Crippen LogP contribution < -0.4 is 15.5 Å². The van der Waals surface area contributed by atoms with E-state index in [4.69, 9.17) is 19.0 Å². The quantitative estimate of drug-likeness (QED) is 0.0666. The summed E-state index contributed by atoms with van der Waals surface area (Å²) < 4.78 is 45.6. The van der Waals surface area contributed by atoms with Crippen LogP contribution in [0.5, 0.6) is 5.75 Å². The van der Waals surface area contributed by atoms with E-state index >= 15 is 0 Å². The van der Waals surface area contributed by atoms with Gasteiger partial charge in [0, 0.05) is 43.4 Å². The van der Waals surface area contributed by atoms with Crippen molar-refractivity contribution in [3.05, 3.63) is 63.1 Å². The number of hydrogen-bond acceptors (Lipinski definition) is 9. The third kappa shape index (κ3) is 11.8. The molecule has 1 aromatic heterocycles. The molecule has 3 aliphatic heterocycles. The number of fused-ring (bicyclic) bond motifs is 5. The van der Waals surface area contributed by atoms with Crippen molar-refractivity contribution < 1.29 is 42.2 Å². The number of carbonyl (C=O) groups is 3. The highest BCUT2D eigenvalue weighted by atomic mass is 19.1. The SMILES string of the molecule is CCCCCCCCCCCCCCCCCCOC(=O)OCOc1c2n(cc(C(=O)NCc3ccc(F)cc3F)c1=O)C1CN(C2=O)[C@@H](C)CC[C@]12CC(C)=NO2. The first-order valence-electron chi connectivity index (χ1n) is 21.5. The van der Waals surface area contributed by atoms with Gasteiger partial charge in [-0.1, -0.05) is 114 Å². The number of oxime groups is 1. The number of hydrogen-bond donors (Lipinski definition) is 1. The van der Waals surface area contributed by atoms with Crippen LogP contribution in [0.3, 0.4) is 0 Å². The monoisotopic (exact) mass is 812 g/mol. The van der Waals surface area contributed by atoms with Crippen LogP contribution in [0, 0.1) is 11.6 Å². The topological polar surface area (TPSA) is 138 Å². The lowest BCUT2D eigenvalue weighted by Crippen LogP contribution is -2.52.